The monoisotopic (exact) mass is 368 g/mol. The van der Waals surface area contributed by atoms with E-state index in [9.17, 15) is 14.4 Å². The van der Waals surface area contributed by atoms with Crippen LogP contribution >= 0.6 is 0 Å². The molecule has 0 bridgehead atoms. The third-order valence-corrected chi connectivity index (χ3v) is 4.72. The summed E-state index contributed by atoms with van der Waals surface area (Å²) < 4.78 is 3.81. The summed E-state index contributed by atoms with van der Waals surface area (Å²) in [4.78, 5) is 38.5. The first kappa shape index (κ1) is 18.7. The summed E-state index contributed by atoms with van der Waals surface area (Å²) in [6.45, 7) is 3.89. The van der Waals surface area contributed by atoms with Gasteiger partial charge in [-0.15, -0.1) is 0 Å². The highest BCUT2D eigenvalue weighted by molar-refractivity contribution is 5.90. The minimum atomic E-state index is -0.464. The van der Waals surface area contributed by atoms with Gasteiger partial charge in [-0.3, -0.25) is 23.3 Å². The molecule has 2 aromatic heterocycles. The summed E-state index contributed by atoms with van der Waals surface area (Å²) in [6, 6.07) is 9.65. The van der Waals surface area contributed by atoms with Gasteiger partial charge in [0, 0.05) is 39.2 Å². The van der Waals surface area contributed by atoms with Gasteiger partial charge in [-0.05, 0) is 19.4 Å². The number of aryl methyl sites for hydroxylation is 2. The number of aromatic nitrogens is 3. The molecule has 7 heteroatoms. The smallest absolute Gasteiger partial charge is 0.332 e. The van der Waals surface area contributed by atoms with E-state index in [4.69, 9.17) is 0 Å². The van der Waals surface area contributed by atoms with Crippen LogP contribution in [0.25, 0.3) is 11.0 Å². The average molecular weight is 368 g/mol. The highest BCUT2D eigenvalue weighted by atomic mass is 16.2. The lowest BCUT2D eigenvalue weighted by atomic mass is 10.0. The Bertz CT molecular complexity index is 1180. The highest BCUT2D eigenvalue weighted by Gasteiger charge is 2.22. The van der Waals surface area contributed by atoms with Gasteiger partial charge in [0.2, 0.25) is 0 Å². The molecule has 0 aliphatic heterocycles. The van der Waals surface area contributed by atoms with Crippen LogP contribution in [0, 0.1) is 0 Å². The molecule has 0 radical (unpaired) electrons. The van der Waals surface area contributed by atoms with Crippen molar-refractivity contribution in [2.75, 3.05) is 5.32 Å². The molecule has 0 fully saturated rings. The number of rotatable bonds is 4. The Labute approximate surface area is 156 Å². The van der Waals surface area contributed by atoms with Gasteiger partial charge in [-0.2, -0.15) is 0 Å². The molecule has 0 aliphatic rings. The fourth-order valence-electron chi connectivity index (χ4n) is 3.41. The Morgan fingerprint density at radius 3 is 2.11 bits per heavy atom. The van der Waals surface area contributed by atoms with Crippen LogP contribution in [0.1, 0.15) is 25.0 Å². The summed E-state index contributed by atoms with van der Waals surface area (Å²) in [7, 11) is 4.61. The van der Waals surface area contributed by atoms with Crippen LogP contribution in [-0.2, 0) is 27.6 Å². The molecule has 3 aromatic rings. The first-order valence-electron chi connectivity index (χ1n) is 8.86. The standard InChI is InChI=1S/C20H24N4O3/c1-12(2)21-16-14(11-13-9-7-6-8-10-13)18(25)22(3)17-15(16)19(26)24(5)20(27)23(17)4/h6-10,12,21H,11H2,1-5H3. The molecule has 1 aromatic carbocycles. The average Bonchev–Trinajstić information content (AvgIpc) is 2.64. The summed E-state index contributed by atoms with van der Waals surface area (Å²) in [5.41, 5.74) is 1.20. The van der Waals surface area contributed by atoms with Crippen molar-refractivity contribution in [2.24, 2.45) is 21.1 Å². The van der Waals surface area contributed by atoms with E-state index >= 15 is 0 Å². The lowest BCUT2D eigenvalue weighted by molar-refractivity contribution is 0.687. The van der Waals surface area contributed by atoms with Crippen molar-refractivity contribution in [1.82, 2.24) is 13.7 Å². The van der Waals surface area contributed by atoms with Crippen LogP contribution in [0.5, 0.6) is 0 Å². The van der Waals surface area contributed by atoms with E-state index in [1.54, 1.807) is 14.1 Å². The molecule has 0 atom stereocenters. The summed E-state index contributed by atoms with van der Waals surface area (Å²) >= 11 is 0. The fraction of sp³-hybridized carbons (Fsp3) is 0.350. The molecular weight excluding hydrogens is 344 g/mol. The Morgan fingerprint density at radius 1 is 0.889 bits per heavy atom. The lowest BCUT2D eigenvalue weighted by Crippen LogP contribution is -2.40. The molecule has 0 saturated heterocycles. The lowest BCUT2D eigenvalue weighted by Gasteiger charge is -2.20. The molecule has 7 nitrogen and oxygen atoms in total. The zero-order chi connectivity index (χ0) is 19.9. The van der Waals surface area contributed by atoms with E-state index in [0.717, 1.165) is 10.1 Å². The van der Waals surface area contributed by atoms with Gasteiger partial charge in [-0.25, -0.2) is 4.79 Å². The number of anilines is 1. The first-order valence-corrected chi connectivity index (χ1v) is 8.86. The molecule has 0 unspecified atom stereocenters. The Kier molecular flexibility index (Phi) is 4.78. The molecule has 3 rings (SSSR count). The zero-order valence-corrected chi connectivity index (χ0v) is 16.2. The van der Waals surface area contributed by atoms with Gasteiger partial charge < -0.3 is 5.32 Å². The van der Waals surface area contributed by atoms with Crippen molar-refractivity contribution in [1.29, 1.82) is 0 Å². The first-order chi connectivity index (χ1) is 12.7. The largest absolute Gasteiger partial charge is 0.382 e. The summed E-state index contributed by atoms with van der Waals surface area (Å²) in [5, 5.41) is 3.63. The SMILES string of the molecule is CC(C)Nc1c(Cc2ccccc2)c(=O)n(C)c2c1c(=O)n(C)c(=O)n2C. The Balaban J connectivity index is 2.49. The molecular formula is C20H24N4O3. The van der Waals surface area contributed by atoms with Gasteiger partial charge in [0.15, 0.2) is 0 Å². The number of fused-ring (bicyclic) bond motifs is 1. The van der Waals surface area contributed by atoms with Crippen LogP contribution in [0.15, 0.2) is 44.7 Å². The highest BCUT2D eigenvalue weighted by Crippen LogP contribution is 2.24. The maximum Gasteiger partial charge on any atom is 0.332 e. The molecule has 0 saturated carbocycles. The normalized spacial score (nSPS) is 11.3. The van der Waals surface area contributed by atoms with Crippen LogP contribution in [0.3, 0.4) is 0 Å². The second-order valence-corrected chi connectivity index (χ2v) is 7.08. The van der Waals surface area contributed by atoms with Gasteiger partial charge in [-0.1, -0.05) is 30.3 Å². The summed E-state index contributed by atoms with van der Waals surface area (Å²) in [6.07, 6.45) is 0.393. The van der Waals surface area contributed by atoms with E-state index in [0.29, 0.717) is 28.7 Å². The van der Waals surface area contributed by atoms with E-state index < -0.39 is 11.2 Å². The third kappa shape index (κ3) is 3.09. The number of nitrogens with one attached hydrogen (secondary N) is 1. The predicted molar refractivity (Wildman–Crippen MR) is 108 cm³/mol. The number of pyridine rings is 1. The summed E-state index contributed by atoms with van der Waals surface area (Å²) in [5.74, 6) is 0. The molecule has 142 valence electrons. The second kappa shape index (κ2) is 6.90. The topological polar surface area (TPSA) is 78.0 Å². The molecule has 2 heterocycles. The minimum absolute atomic E-state index is 0.0109. The van der Waals surface area contributed by atoms with Crippen molar-refractivity contribution in [3.05, 3.63) is 72.7 Å². The van der Waals surface area contributed by atoms with E-state index in [1.807, 2.05) is 44.2 Å². The molecule has 0 aliphatic carbocycles. The predicted octanol–water partition coefficient (Wildman–Crippen LogP) is 1.35. The van der Waals surface area contributed by atoms with Gasteiger partial charge in [0.05, 0.1) is 5.69 Å². The molecule has 27 heavy (non-hydrogen) atoms. The van der Waals surface area contributed by atoms with Crippen molar-refractivity contribution in [3.8, 4) is 0 Å². The van der Waals surface area contributed by atoms with Gasteiger partial charge >= 0.3 is 5.69 Å². The van der Waals surface area contributed by atoms with Crippen LogP contribution in [0.2, 0.25) is 0 Å². The van der Waals surface area contributed by atoms with E-state index in [2.05, 4.69) is 5.32 Å². The maximum absolute atomic E-state index is 13.1. The van der Waals surface area contributed by atoms with Crippen LogP contribution in [-0.4, -0.2) is 19.7 Å². The van der Waals surface area contributed by atoms with Crippen LogP contribution < -0.4 is 22.1 Å². The quantitative estimate of drug-likeness (QED) is 0.754. The maximum atomic E-state index is 13.1. The van der Waals surface area contributed by atoms with Crippen molar-refractivity contribution in [3.63, 3.8) is 0 Å². The van der Waals surface area contributed by atoms with Gasteiger partial charge in [0.25, 0.3) is 11.1 Å². The number of benzene rings is 1. The molecule has 1 N–H and O–H groups in total. The second-order valence-electron chi connectivity index (χ2n) is 7.08. The number of hydrogen-bond donors (Lipinski definition) is 1. The van der Waals surface area contributed by atoms with Gasteiger partial charge in [0.1, 0.15) is 11.0 Å². The number of nitrogens with zero attached hydrogens (tertiary/aromatic N) is 3. The molecule has 0 spiro atoms. The van der Waals surface area contributed by atoms with E-state index in [-0.39, 0.29) is 11.6 Å². The fourth-order valence-corrected chi connectivity index (χ4v) is 3.41. The Hall–Kier alpha value is -3.09. The number of hydrogen-bond acceptors (Lipinski definition) is 4. The van der Waals surface area contributed by atoms with E-state index in [1.165, 1.54) is 16.2 Å². The molecule has 0 amide bonds. The van der Waals surface area contributed by atoms with Crippen LogP contribution in [0.4, 0.5) is 5.69 Å². The van der Waals surface area contributed by atoms with Crippen molar-refractivity contribution in [2.45, 2.75) is 26.3 Å². The third-order valence-electron chi connectivity index (χ3n) is 4.72. The van der Waals surface area contributed by atoms with Crippen molar-refractivity contribution >= 4 is 16.7 Å². The zero-order valence-electron chi connectivity index (χ0n) is 16.2. The minimum Gasteiger partial charge on any atom is -0.382 e. The van der Waals surface area contributed by atoms with Crippen molar-refractivity contribution < 1.29 is 0 Å². The Morgan fingerprint density at radius 2 is 1.52 bits per heavy atom.